The van der Waals surface area contributed by atoms with Gasteiger partial charge in [-0.3, -0.25) is 0 Å². The molecule has 0 fully saturated rings. The Balaban J connectivity index is 2.50. The summed E-state index contributed by atoms with van der Waals surface area (Å²) in [5.74, 6) is -2.00. The molecule has 0 spiro atoms. The number of benzene rings is 1. The molecule has 122 valence electrons. The third kappa shape index (κ3) is 3.80. The van der Waals surface area contributed by atoms with Crippen LogP contribution in [-0.2, 0) is 0 Å². The summed E-state index contributed by atoms with van der Waals surface area (Å²) < 4.78 is 39.0. The summed E-state index contributed by atoms with van der Waals surface area (Å²) in [6, 6.07) is 5.97. The zero-order valence-corrected chi connectivity index (χ0v) is 12.5. The number of hydrogen-bond acceptors (Lipinski definition) is 3. The number of aromatic carboxylic acids is 1. The number of pyridine rings is 1. The van der Waals surface area contributed by atoms with Crippen molar-refractivity contribution in [3.05, 3.63) is 53.0 Å². The average molecular weight is 324 g/mol. The normalized spacial score (nSPS) is 11.1. The monoisotopic (exact) mass is 324 g/mol. The molecule has 1 aromatic heterocycles. The minimum atomic E-state index is -2.82. The lowest BCUT2D eigenvalue weighted by Crippen LogP contribution is -2.08. The molecule has 0 saturated heterocycles. The van der Waals surface area contributed by atoms with Gasteiger partial charge in [0.25, 0.3) is 6.43 Å². The molecule has 0 bridgehead atoms. The van der Waals surface area contributed by atoms with Crippen LogP contribution in [0.2, 0.25) is 0 Å². The second-order valence-corrected chi connectivity index (χ2v) is 5.25. The predicted molar refractivity (Wildman–Crippen MR) is 79.9 cm³/mol. The smallest absolute Gasteiger partial charge is 0.339 e. The molecule has 0 radical (unpaired) electrons. The number of aromatic nitrogens is 1. The summed E-state index contributed by atoms with van der Waals surface area (Å²) in [7, 11) is 0. The van der Waals surface area contributed by atoms with Crippen LogP contribution in [0.5, 0.6) is 0 Å². The molecule has 1 heterocycles. The fourth-order valence-corrected chi connectivity index (χ4v) is 2.12. The number of nitrogens with zero attached hydrogens (tertiary/aromatic N) is 1. The molecule has 1 aromatic carbocycles. The van der Waals surface area contributed by atoms with Gasteiger partial charge in [0, 0.05) is 5.69 Å². The number of anilines is 2. The molecule has 2 rings (SSSR count). The van der Waals surface area contributed by atoms with E-state index in [-0.39, 0.29) is 17.3 Å². The summed E-state index contributed by atoms with van der Waals surface area (Å²) in [5.41, 5.74) is 0.229. The van der Waals surface area contributed by atoms with Crippen molar-refractivity contribution in [1.82, 2.24) is 4.98 Å². The van der Waals surface area contributed by atoms with Crippen molar-refractivity contribution >= 4 is 17.5 Å². The molecule has 0 atom stereocenters. The van der Waals surface area contributed by atoms with Crippen molar-refractivity contribution in [3.8, 4) is 0 Å². The Labute approximate surface area is 131 Å². The molecule has 7 heteroatoms. The summed E-state index contributed by atoms with van der Waals surface area (Å²) in [5, 5.41) is 11.9. The van der Waals surface area contributed by atoms with Crippen LogP contribution < -0.4 is 5.32 Å². The minimum absolute atomic E-state index is 0.0558. The van der Waals surface area contributed by atoms with Crippen LogP contribution in [0.15, 0.2) is 30.3 Å². The van der Waals surface area contributed by atoms with Gasteiger partial charge in [0.05, 0.1) is 0 Å². The zero-order chi connectivity index (χ0) is 17.1. The van der Waals surface area contributed by atoms with E-state index >= 15 is 0 Å². The van der Waals surface area contributed by atoms with Crippen molar-refractivity contribution in [2.24, 2.45) is 0 Å². The number of carbonyl (C=O) groups is 1. The highest BCUT2D eigenvalue weighted by molar-refractivity contribution is 5.94. The Kier molecular flexibility index (Phi) is 4.88. The molecular weight excluding hydrogens is 309 g/mol. The van der Waals surface area contributed by atoms with Gasteiger partial charge in [0.1, 0.15) is 22.9 Å². The van der Waals surface area contributed by atoms with Gasteiger partial charge in [-0.15, -0.1) is 0 Å². The molecular formula is C16H15F3N2O2. The van der Waals surface area contributed by atoms with E-state index in [1.165, 1.54) is 18.2 Å². The van der Waals surface area contributed by atoms with E-state index in [4.69, 9.17) is 5.11 Å². The van der Waals surface area contributed by atoms with Gasteiger partial charge in [-0.2, -0.15) is 0 Å². The summed E-state index contributed by atoms with van der Waals surface area (Å²) in [4.78, 5) is 14.9. The van der Waals surface area contributed by atoms with E-state index in [0.717, 1.165) is 12.1 Å². The van der Waals surface area contributed by atoms with Crippen LogP contribution in [0.25, 0.3) is 0 Å². The average Bonchev–Trinajstić information content (AvgIpc) is 2.48. The Morgan fingerprint density at radius 3 is 2.48 bits per heavy atom. The van der Waals surface area contributed by atoms with Crippen molar-refractivity contribution in [2.75, 3.05) is 5.32 Å². The molecule has 0 aliphatic carbocycles. The van der Waals surface area contributed by atoms with E-state index < -0.39 is 23.9 Å². The second kappa shape index (κ2) is 6.68. The lowest BCUT2D eigenvalue weighted by atomic mass is 10.0. The van der Waals surface area contributed by atoms with Gasteiger partial charge < -0.3 is 10.4 Å². The number of carboxylic acids is 1. The van der Waals surface area contributed by atoms with Gasteiger partial charge in [0.2, 0.25) is 0 Å². The molecule has 2 N–H and O–H groups in total. The van der Waals surface area contributed by atoms with Crippen molar-refractivity contribution < 1.29 is 23.1 Å². The van der Waals surface area contributed by atoms with Crippen LogP contribution in [0, 0.1) is 5.82 Å². The van der Waals surface area contributed by atoms with Crippen LogP contribution in [0.1, 0.15) is 47.8 Å². The number of carboxylic acid groups (broad SMARTS) is 1. The lowest BCUT2D eigenvalue weighted by molar-refractivity contribution is 0.0697. The van der Waals surface area contributed by atoms with Crippen LogP contribution in [-0.4, -0.2) is 16.1 Å². The van der Waals surface area contributed by atoms with E-state index in [2.05, 4.69) is 10.3 Å². The topological polar surface area (TPSA) is 62.2 Å². The third-order valence-corrected chi connectivity index (χ3v) is 3.26. The fourth-order valence-electron chi connectivity index (χ4n) is 2.12. The molecule has 0 saturated carbocycles. The molecule has 23 heavy (non-hydrogen) atoms. The number of hydrogen-bond donors (Lipinski definition) is 2. The maximum absolute atomic E-state index is 13.4. The highest BCUT2D eigenvalue weighted by Gasteiger charge is 2.18. The van der Waals surface area contributed by atoms with Crippen molar-refractivity contribution in [1.29, 1.82) is 0 Å². The number of nitrogens with one attached hydrogen (secondary N) is 1. The first-order valence-corrected chi connectivity index (χ1v) is 6.88. The van der Waals surface area contributed by atoms with Gasteiger partial charge in [0.15, 0.2) is 0 Å². The summed E-state index contributed by atoms with van der Waals surface area (Å²) in [6.45, 7) is 3.67. The maximum atomic E-state index is 13.4. The molecule has 0 unspecified atom stereocenters. The van der Waals surface area contributed by atoms with E-state index in [0.29, 0.717) is 11.3 Å². The summed E-state index contributed by atoms with van der Waals surface area (Å²) >= 11 is 0. The molecule has 4 nitrogen and oxygen atoms in total. The standard InChI is InChI=1S/C16H15F3N2O2/c1-8(2)11-7-9(17)3-5-12(11)20-15-10(16(22)23)4-6-13(21-15)14(18)19/h3-8,14H,1-2H3,(H,20,21)(H,22,23). The minimum Gasteiger partial charge on any atom is -0.478 e. The fraction of sp³-hybridized carbons (Fsp3) is 0.250. The lowest BCUT2D eigenvalue weighted by Gasteiger charge is -2.16. The highest BCUT2D eigenvalue weighted by Crippen LogP contribution is 2.30. The first kappa shape index (κ1) is 16.8. The highest BCUT2D eigenvalue weighted by atomic mass is 19.3. The Bertz CT molecular complexity index is 733. The molecule has 0 aliphatic rings. The van der Waals surface area contributed by atoms with E-state index in [1.54, 1.807) is 0 Å². The Morgan fingerprint density at radius 1 is 1.22 bits per heavy atom. The summed E-state index contributed by atoms with van der Waals surface area (Å²) in [6.07, 6.45) is -2.82. The second-order valence-electron chi connectivity index (χ2n) is 5.25. The molecule has 2 aromatic rings. The van der Waals surface area contributed by atoms with Crippen LogP contribution >= 0.6 is 0 Å². The first-order chi connectivity index (χ1) is 10.8. The van der Waals surface area contributed by atoms with E-state index in [9.17, 15) is 18.0 Å². The van der Waals surface area contributed by atoms with Crippen molar-refractivity contribution in [3.63, 3.8) is 0 Å². The van der Waals surface area contributed by atoms with Crippen LogP contribution in [0.4, 0.5) is 24.7 Å². The zero-order valence-electron chi connectivity index (χ0n) is 12.5. The molecule has 0 aliphatic heterocycles. The number of halogens is 3. The Hall–Kier alpha value is -2.57. The predicted octanol–water partition coefficient (Wildman–Crippen LogP) is 4.72. The van der Waals surface area contributed by atoms with Gasteiger partial charge in [-0.25, -0.2) is 22.9 Å². The molecule has 0 amide bonds. The quantitative estimate of drug-likeness (QED) is 0.835. The largest absolute Gasteiger partial charge is 0.478 e. The van der Waals surface area contributed by atoms with Gasteiger partial charge >= 0.3 is 5.97 Å². The maximum Gasteiger partial charge on any atom is 0.339 e. The van der Waals surface area contributed by atoms with Gasteiger partial charge in [-0.1, -0.05) is 13.8 Å². The number of alkyl halides is 2. The van der Waals surface area contributed by atoms with Crippen molar-refractivity contribution in [2.45, 2.75) is 26.2 Å². The third-order valence-electron chi connectivity index (χ3n) is 3.26. The van der Waals surface area contributed by atoms with Gasteiger partial charge in [-0.05, 0) is 41.8 Å². The first-order valence-electron chi connectivity index (χ1n) is 6.88. The Morgan fingerprint density at radius 2 is 1.91 bits per heavy atom. The van der Waals surface area contributed by atoms with Crippen LogP contribution in [0.3, 0.4) is 0 Å². The SMILES string of the molecule is CC(C)c1cc(F)ccc1Nc1nc(C(F)F)ccc1C(=O)O. The van der Waals surface area contributed by atoms with E-state index in [1.807, 2.05) is 13.8 Å². The number of rotatable bonds is 5.